The molecule has 0 aliphatic carbocycles. The van der Waals surface area contributed by atoms with Gasteiger partial charge in [-0.25, -0.2) is 0 Å². The Bertz CT molecular complexity index is 595. The van der Waals surface area contributed by atoms with Gasteiger partial charge in [0.15, 0.2) is 5.78 Å². The van der Waals surface area contributed by atoms with Crippen LogP contribution >= 0.6 is 0 Å². The van der Waals surface area contributed by atoms with Gasteiger partial charge in [-0.1, -0.05) is 67.4 Å². The third-order valence-electron chi connectivity index (χ3n) is 4.36. The highest BCUT2D eigenvalue weighted by Crippen LogP contribution is 2.15. The molecule has 0 N–H and O–H groups in total. The summed E-state index contributed by atoms with van der Waals surface area (Å²) in [6.45, 7) is 3.40. The molecule has 0 bridgehead atoms. The average molecular weight is 293 g/mol. The van der Waals surface area contributed by atoms with Crippen LogP contribution in [0, 0.1) is 0 Å². The fourth-order valence-electron chi connectivity index (χ4n) is 3.07. The minimum atomic E-state index is 0.0990. The molecule has 3 rings (SSSR count). The van der Waals surface area contributed by atoms with Gasteiger partial charge in [-0.2, -0.15) is 0 Å². The lowest BCUT2D eigenvalue weighted by molar-refractivity contribution is 0.103. The Kier molecular flexibility index (Phi) is 5.02. The summed E-state index contributed by atoms with van der Waals surface area (Å²) in [4.78, 5) is 14.9. The largest absolute Gasteiger partial charge is 0.299 e. The summed E-state index contributed by atoms with van der Waals surface area (Å²) in [6, 6.07) is 17.6. The maximum Gasteiger partial charge on any atom is 0.193 e. The van der Waals surface area contributed by atoms with Crippen molar-refractivity contribution >= 4 is 5.78 Å². The maximum atomic E-state index is 12.4. The van der Waals surface area contributed by atoms with E-state index in [-0.39, 0.29) is 5.78 Å². The molecule has 0 unspecified atom stereocenters. The van der Waals surface area contributed by atoms with Crippen molar-refractivity contribution < 1.29 is 4.79 Å². The molecule has 114 valence electrons. The zero-order valence-corrected chi connectivity index (χ0v) is 13.0. The van der Waals surface area contributed by atoms with E-state index in [4.69, 9.17) is 0 Å². The van der Waals surface area contributed by atoms with Gasteiger partial charge in [0.2, 0.25) is 0 Å². The van der Waals surface area contributed by atoms with E-state index in [1.807, 2.05) is 42.5 Å². The summed E-state index contributed by atoms with van der Waals surface area (Å²) in [5, 5.41) is 0. The molecule has 2 nitrogen and oxygen atoms in total. The first-order valence-corrected chi connectivity index (χ1v) is 8.24. The standard InChI is InChI=1S/C20H23NO/c22-20(18-8-4-3-5-9-18)19-12-10-17(11-13-19)16-21-14-6-1-2-7-15-21/h3-5,8-13H,1-2,6-7,14-16H2. The molecular formula is C20H23NO. The van der Waals surface area contributed by atoms with Crippen LogP contribution < -0.4 is 0 Å². The zero-order chi connectivity index (χ0) is 15.2. The fraction of sp³-hybridized carbons (Fsp3) is 0.350. The lowest BCUT2D eigenvalue weighted by Gasteiger charge is -2.19. The molecule has 0 amide bonds. The number of carbonyl (C=O) groups is 1. The van der Waals surface area contributed by atoms with Crippen molar-refractivity contribution in [1.82, 2.24) is 4.90 Å². The minimum Gasteiger partial charge on any atom is -0.299 e. The van der Waals surface area contributed by atoms with Crippen molar-refractivity contribution in [3.63, 3.8) is 0 Å². The maximum absolute atomic E-state index is 12.4. The van der Waals surface area contributed by atoms with Gasteiger partial charge >= 0.3 is 0 Å². The number of benzene rings is 2. The molecule has 2 heteroatoms. The normalized spacial score (nSPS) is 16.2. The second-order valence-corrected chi connectivity index (χ2v) is 6.08. The average Bonchev–Trinajstić information content (AvgIpc) is 2.84. The number of ketones is 1. The van der Waals surface area contributed by atoms with Gasteiger partial charge in [0.05, 0.1) is 0 Å². The monoisotopic (exact) mass is 293 g/mol. The van der Waals surface area contributed by atoms with E-state index in [0.717, 1.165) is 17.7 Å². The summed E-state index contributed by atoms with van der Waals surface area (Å²) in [5.74, 6) is 0.0990. The second-order valence-electron chi connectivity index (χ2n) is 6.08. The Balaban J connectivity index is 1.66. The van der Waals surface area contributed by atoms with E-state index in [1.165, 1.54) is 44.3 Å². The first-order chi connectivity index (χ1) is 10.8. The van der Waals surface area contributed by atoms with E-state index < -0.39 is 0 Å². The van der Waals surface area contributed by atoms with E-state index in [2.05, 4.69) is 17.0 Å². The van der Waals surface area contributed by atoms with E-state index in [1.54, 1.807) is 0 Å². The lowest BCUT2D eigenvalue weighted by Crippen LogP contribution is -2.23. The topological polar surface area (TPSA) is 20.3 Å². The number of hydrogen-bond acceptors (Lipinski definition) is 2. The molecule has 0 aromatic heterocycles. The van der Waals surface area contributed by atoms with Crippen LogP contribution in [0.25, 0.3) is 0 Å². The number of hydrogen-bond donors (Lipinski definition) is 0. The van der Waals surface area contributed by atoms with Gasteiger partial charge in [-0.3, -0.25) is 9.69 Å². The number of nitrogens with zero attached hydrogens (tertiary/aromatic N) is 1. The fourth-order valence-corrected chi connectivity index (χ4v) is 3.07. The Morgan fingerprint density at radius 2 is 1.36 bits per heavy atom. The predicted octanol–water partition coefficient (Wildman–Crippen LogP) is 4.29. The third kappa shape index (κ3) is 3.83. The van der Waals surface area contributed by atoms with Gasteiger partial charge in [0.1, 0.15) is 0 Å². The summed E-state index contributed by atoms with van der Waals surface area (Å²) in [7, 11) is 0. The van der Waals surface area contributed by atoms with Crippen LogP contribution in [0.4, 0.5) is 0 Å². The number of likely N-dealkylation sites (tertiary alicyclic amines) is 1. The van der Waals surface area contributed by atoms with Crippen molar-refractivity contribution in [1.29, 1.82) is 0 Å². The molecule has 0 radical (unpaired) electrons. The van der Waals surface area contributed by atoms with Gasteiger partial charge in [-0.15, -0.1) is 0 Å². The summed E-state index contributed by atoms with van der Waals surface area (Å²) in [5.41, 5.74) is 2.82. The Morgan fingerprint density at radius 1 is 0.773 bits per heavy atom. The summed E-state index contributed by atoms with van der Waals surface area (Å²) < 4.78 is 0. The van der Waals surface area contributed by atoms with Gasteiger partial charge in [0, 0.05) is 17.7 Å². The van der Waals surface area contributed by atoms with Crippen molar-refractivity contribution in [3.05, 3.63) is 71.3 Å². The minimum absolute atomic E-state index is 0.0990. The van der Waals surface area contributed by atoms with Crippen molar-refractivity contribution in [2.75, 3.05) is 13.1 Å². The molecule has 1 aliphatic rings. The molecule has 1 heterocycles. The van der Waals surface area contributed by atoms with Crippen LogP contribution in [0.3, 0.4) is 0 Å². The number of carbonyl (C=O) groups excluding carboxylic acids is 1. The molecule has 0 spiro atoms. The predicted molar refractivity (Wildman–Crippen MR) is 90.1 cm³/mol. The quantitative estimate of drug-likeness (QED) is 0.784. The molecule has 0 saturated carbocycles. The highest BCUT2D eigenvalue weighted by atomic mass is 16.1. The Morgan fingerprint density at radius 3 is 2.00 bits per heavy atom. The van der Waals surface area contributed by atoms with Crippen LogP contribution in [0.2, 0.25) is 0 Å². The van der Waals surface area contributed by atoms with Crippen molar-refractivity contribution in [2.24, 2.45) is 0 Å². The first-order valence-electron chi connectivity index (χ1n) is 8.24. The highest BCUT2D eigenvalue weighted by Gasteiger charge is 2.11. The molecule has 1 fully saturated rings. The first kappa shape index (κ1) is 15.0. The second kappa shape index (κ2) is 7.37. The molecule has 1 aliphatic heterocycles. The zero-order valence-electron chi connectivity index (χ0n) is 13.0. The molecule has 1 saturated heterocycles. The van der Waals surface area contributed by atoms with Gasteiger partial charge < -0.3 is 0 Å². The molecule has 2 aromatic carbocycles. The Hall–Kier alpha value is -1.93. The van der Waals surface area contributed by atoms with Crippen LogP contribution in [0.1, 0.15) is 47.2 Å². The lowest BCUT2D eigenvalue weighted by atomic mass is 10.0. The van der Waals surface area contributed by atoms with Crippen LogP contribution in [-0.4, -0.2) is 23.8 Å². The molecular weight excluding hydrogens is 270 g/mol. The van der Waals surface area contributed by atoms with Gasteiger partial charge in [0.25, 0.3) is 0 Å². The van der Waals surface area contributed by atoms with E-state index in [0.29, 0.717) is 0 Å². The van der Waals surface area contributed by atoms with Crippen LogP contribution in [0.5, 0.6) is 0 Å². The third-order valence-corrected chi connectivity index (χ3v) is 4.36. The summed E-state index contributed by atoms with van der Waals surface area (Å²) >= 11 is 0. The van der Waals surface area contributed by atoms with Gasteiger partial charge in [-0.05, 0) is 31.5 Å². The van der Waals surface area contributed by atoms with E-state index >= 15 is 0 Å². The van der Waals surface area contributed by atoms with Crippen LogP contribution in [-0.2, 0) is 6.54 Å². The number of rotatable bonds is 4. The SMILES string of the molecule is O=C(c1ccccc1)c1ccc(CN2CCCCCC2)cc1. The highest BCUT2D eigenvalue weighted by molar-refractivity contribution is 6.08. The van der Waals surface area contributed by atoms with Crippen molar-refractivity contribution in [2.45, 2.75) is 32.2 Å². The Labute approximate surface area is 132 Å². The molecule has 0 atom stereocenters. The smallest absolute Gasteiger partial charge is 0.193 e. The van der Waals surface area contributed by atoms with E-state index in [9.17, 15) is 4.79 Å². The van der Waals surface area contributed by atoms with Crippen LogP contribution in [0.15, 0.2) is 54.6 Å². The molecule has 22 heavy (non-hydrogen) atoms. The van der Waals surface area contributed by atoms with Crippen molar-refractivity contribution in [3.8, 4) is 0 Å². The summed E-state index contributed by atoms with van der Waals surface area (Å²) in [6.07, 6.45) is 5.34. The molecule has 2 aromatic rings.